The minimum Gasteiger partial charge on any atom is -0.361 e. The summed E-state index contributed by atoms with van der Waals surface area (Å²) in [6, 6.07) is 0. The largest absolute Gasteiger partial charge is 0.361 e. The number of rotatable bonds is 2. The predicted octanol–water partition coefficient (Wildman–Crippen LogP) is 0.554. The highest BCUT2D eigenvalue weighted by molar-refractivity contribution is 7.80. The van der Waals surface area contributed by atoms with E-state index in [1.807, 2.05) is 6.92 Å². The molecule has 0 aliphatic heterocycles. The van der Waals surface area contributed by atoms with Gasteiger partial charge < -0.3 is 5.32 Å². The molecule has 7 heavy (non-hydrogen) atoms. The first kappa shape index (κ1) is 6.69. The van der Waals surface area contributed by atoms with Crippen molar-refractivity contribution in [2.45, 2.75) is 13.3 Å². The smallest absolute Gasteiger partial charge is 0.185 e. The highest BCUT2D eigenvalue weighted by Gasteiger charge is 1.80. The third-order valence-electron chi connectivity index (χ3n) is 0.536. The lowest BCUT2D eigenvalue weighted by molar-refractivity contribution is 0.841. The molecule has 0 saturated heterocycles. The second-order valence-corrected chi connectivity index (χ2v) is 1.66. The average Bonchev–Trinajstić information content (AvgIpc) is 1.61. The van der Waals surface area contributed by atoms with Crippen LogP contribution in [-0.4, -0.2) is 11.7 Å². The van der Waals surface area contributed by atoms with Gasteiger partial charge in [-0.15, -0.1) is 0 Å². The zero-order chi connectivity index (χ0) is 5.70. The van der Waals surface area contributed by atoms with Gasteiger partial charge in [0.15, 0.2) is 5.11 Å². The van der Waals surface area contributed by atoms with Crippen LogP contribution in [0.1, 0.15) is 13.3 Å². The molecule has 0 amide bonds. The summed E-state index contributed by atoms with van der Waals surface area (Å²) in [5, 5.41) is 2.83. The standard InChI is InChI=1S/C4H9N2S/c1-2-3-6-4(5)7/h5H,2-3H2,1H3,(H,6,7). The number of hydrogen-bond acceptors (Lipinski definition) is 1. The van der Waals surface area contributed by atoms with Crippen molar-refractivity contribution < 1.29 is 0 Å². The second-order valence-electron chi connectivity index (χ2n) is 1.26. The lowest BCUT2D eigenvalue weighted by Crippen LogP contribution is -2.22. The lowest BCUT2D eigenvalue weighted by Gasteiger charge is -1.95. The van der Waals surface area contributed by atoms with E-state index in [2.05, 4.69) is 17.5 Å². The molecule has 0 heterocycles. The van der Waals surface area contributed by atoms with Crippen LogP contribution in [0.25, 0.3) is 0 Å². The molecular formula is C4H9N2S. The molecule has 0 unspecified atom stereocenters. The fraction of sp³-hybridized carbons (Fsp3) is 0.750. The summed E-state index contributed by atoms with van der Waals surface area (Å²) in [6.07, 6.45) is 1.03. The molecule has 0 aromatic heterocycles. The number of nitrogens with one attached hydrogen (secondary N) is 2. The Morgan fingerprint density at radius 2 is 2.43 bits per heavy atom. The van der Waals surface area contributed by atoms with Gasteiger partial charge in [0.25, 0.3) is 0 Å². The fourth-order valence-corrected chi connectivity index (χ4v) is 0.341. The zero-order valence-electron chi connectivity index (χ0n) is 4.32. The van der Waals surface area contributed by atoms with E-state index in [0.717, 1.165) is 13.0 Å². The first-order valence-electron chi connectivity index (χ1n) is 2.26. The minimum absolute atomic E-state index is 0.141. The topological polar surface area (TPSA) is 35.8 Å². The van der Waals surface area contributed by atoms with Crippen molar-refractivity contribution in [3.05, 3.63) is 0 Å². The van der Waals surface area contributed by atoms with Crippen LogP contribution in [0, 0.1) is 0 Å². The van der Waals surface area contributed by atoms with Crippen molar-refractivity contribution in [2.24, 2.45) is 0 Å². The average molecular weight is 117 g/mol. The maximum Gasteiger partial charge on any atom is 0.185 e. The Morgan fingerprint density at radius 3 is 2.57 bits per heavy atom. The first-order chi connectivity index (χ1) is 3.27. The Morgan fingerprint density at radius 1 is 1.86 bits per heavy atom. The molecular weight excluding hydrogens is 108 g/mol. The van der Waals surface area contributed by atoms with E-state index in [1.165, 1.54) is 0 Å². The number of thiocarbonyl (C=S) groups is 1. The molecule has 0 aromatic carbocycles. The summed E-state index contributed by atoms with van der Waals surface area (Å²) >= 11 is 4.42. The van der Waals surface area contributed by atoms with Crippen LogP contribution in [0.2, 0.25) is 0 Å². The molecule has 41 valence electrons. The van der Waals surface area contributed by atoms with Crippen LogP contribution >= 0.6 is 12.2 Å². The maximum absolute atomic E-state index is 6.70. The highest BCUT2D eigenvalue weighted by Crippen LogP contribution is 1.67. The van der Waals surface area contributed by atoms with Crippen LogP contribution in [0.15, 0.2) is 0 Å². The second kappa shape index (κ2) is 3.87. The zero-order valence-corrected chi connectivity index (χ0v) is 5.14. The third-order valence-corrected chi connectivity index (χ3v) is 0.680. The van der Waals surface area contributed by atoms with Crippen molar-refractivity contribution in [2.75, 3.05) is 6.54 Å². The normalized spacial score (nSPS) is 8.14. The summed E-state index contributed by atoms with van der Waals surface area (Å²) in [7, 11) is 0. The van der Waals surface area contributed by atoms with E-state index in [0.29, 0.717) is 0 Å². The van der Waals surface area contributed by atoms with Crippen molar-refractivity contribution in [3.8, 4) is 0 Å². The number of hydrogen-bond donors (Lipinski definition) is 1. The van der Waals surface area contributed by atoms with Gasteiger partial charge in [-0.05, 0) is 18.6 Å². The van der Waals surface area contributed by atoms with Gasteiger partial charge in [-0.1, -0.05) is 6.92 Å². The molecule has 0 bridgehead atoms. The van der Waals surface area contributed by atoms with Crippen LogP contribution < -0.4 is 11.1 Å². The minimum atomic E-state index is 0.141. The molecule has 1 radical (unpaired) electrons. The third kappa shape index (κ3) is 5.69. The van der Waals surface area contributed by atoms with Gasteiger partial charge in [-0.25, -0.2) is 0 Å². The Hall–Kier alpha value is -0.310. The van der Waals surface area contributed by atoms with Crippen LogP contribution in [-0.2, 0) is 0 Å². The van der Waals surface area contributed by atoms with Crippen molar-refractivity contribution in [1.82, 2.24) is 11.1 Å². The summed E-state index contributed by atoms with van der Waals surface area (Å²) in [4.78, 5) is 0. The molecule has 0 spiro atoms. The predicted molar refractivity (Wildman–Crippen MR) is 34.0 cm³/mol. The van der Waals surface area contributed by atoms with E-state index in [4.69, 9.17) is 5.73 Å². The Balaban J connectivity index is 2.82. The van der Waals surface area contributed by atoms with Gasteiger partial charge in [0.1, 0.15) is 0 Å². The quantitative estimate of drug-likeness (QED) is 0.536. The molecule has 0 fully saturated rings. The highest BCUT2D eigenvalue weighted by atomic mass is 32.1. The van der Waals surface area contributed by atoms with Gasteiger partial charge in [-0.3, -0.25) is 5.73 Å². The molecule has 0 atom stereocenters. The SMILES string of the molecule is CCCNC([NH])=S. The lowest BCUT2D eigenvalue weighted by atomic mass is 10.5. The van der Waals surface area contributed by atoms with Crippen LogP contribution in [0.4, 0.5) is 0 Å². The van der Waals surface area contributed by atoms with Crippen LogP contribution in [0.5, 0.6) is 0 Å². The van der Waals surface area contributed by atoms with E-state index in [-0.39, 0.29) is 5.11 Å². The van der Waals surface area contributed by atoms with E-state index >= 15 is 0 Å². The van der Waals surface area contributed by atoms with E-state index in [1.54, 1.807) is 0 Å². The van der Waals surface area contributed by atoms with E-state index < -0.39 is 0 Å². The van der Waals surface area contributed by atoms with Crippen molar-refractivity contribution in [3.63, 3.8) is 0 Å². The van der Waals surface area contributed by atoms with Gasteiger partial charge in [0.2, 0.25) is 0 Å². The molecule has 0 aliphatic carbocycles. The Kier molecular flexibility index (Phi) is 3.69. The fourth-order valence-electron chi connectivity index (χ4n) is 0.239. The molecule has 2 nitrogen and oxygen atoms in total. The molecule has 3 heteroatoms. The first-order valence-corrected chi connectivity index (χ1v) is 2.67. The maximum atomic E-state index is 6.70. The Labute approximate surface area is 49.1 Å². The molecule has 2 N–H and O–H groups in total. The molecule has 0 aliphatic rings. The monoisotopic (exact) mass is 117 g/mol. The van der Waals surface area contributed by atoms with E-state index in [9.17, 15) is 0 Å². The van der Waals surface area contributed by atoms with Crippen molar-refractivity contribution in [1.29, 1.82) is 0 Å². The molecule has 0 aromatic rings. The molecule has 0 rings (SSSR count). The van der Waals surface area contributed by atoms with Gasteiger partial charge >= 0.3 is 0 Å². The summed E-state index contributed by atoms with van der Waals surface area (Å²) in [6.45, 7) is 2.85. The summed E-state index contributed by atoms with van der Waals surface area (Å²) in [5.41, 5.74) is 6.70. The van der Waals surface area contributed by atoms with Crippen LogP contribution in [0.3, 0.4) is 0 Å². The van der Waals surface area contributed by atoms with Gasteiger partial charge in [-0.2, -0.15) is 0 Å². The van der Waals surface area contributed by atoms with Crippen molar-refractivity contribution >= 4 is 17.3 Å². The molecule has 0 saturated carbocycles. The summed E-state index contributed by atoms with van der Waals surface area (Å²) in [5.74, 6) is 0. The Bertz CT molecular complexity index is 62.7. The summed E-state index contributed by atoms with van der Waals surface area (Å²) < 4.78 is 0. The van der Waals surface area contributed by atoms with Gasteiger partial charge in [0, 0.05) is 6.54 Å². The van der Waals surface area contributed by atoms with Gasteiger partial charge in [0.05, 0.1) is 0 Å².